The standard InChI is InChI=1S/C11H21NOS/c1-9-7-13-5-4-11(9)12-10-3-2-6-14-8-10/h9-12H,2-8H2,1H3. The van der Waals surface area contributed by atoms with Crippen LogP contribution in [-0.2, 0) is 4.74 Å². The number of hydrogen-bond donors (Lipinski definition) is 1. The van der Waals surface area contributed by atoms with Gasteiger partial charge in [0.05, 0.1) is 6.61 Å². The van der Waals surface area contributed by atoms with Gasteiger partial charge in [-0.1, -0.05) is 6.92 Å². The molecule has 0 spiro atoms. The summed E-state index contributed by atoms with van der Waals surface area (Å²) in [7, 11) is 0. The summed E-state index contributed by atoms with van der Waals surface area (Å²) in [5.41, 5.74) is 0. The topological polar surface area (TPSA) is 21.3 Å². The Hall–Kier alpha value is 0.270. The van der Waals surface area contributed by atoms with Crippen molar-refractivity contribution >= 4 is 11.8 Å². The molecule has 3 heteroatoms. The average molecular weight is 215 g/mol. The number of rotatable bonds is 2. The lowest BCUT2D eigenvalue weighted by atomic mass is 9.96. The first-order valence-corrected chi connectivity index (χ1v) is 6.93. The molecular formula is C11H21NOS. The minimum Gasteiger partial charge on any atom is -0.381 e. The second-order valence-corrected chi connectivity index (χ2v) is 5.68. The van der Waals surface area contributed by atoms with Crippen LogP contribution in [0.25, 0.3) is 0 Å². The van der Waals surface area contributed by atoms with Crippen molar-refractivity contribution in [3.8, 4) is 0 Å². The molecule has 0 saturated carbocycles. The van der Waals surface area contributed by atoms with Gasteiger partial charge in [-0.25, -0.2) is 0 Å². The number of thioether (sulfide) groups is 1. The van der Waals surface area contributed by atoms with Crippen LogP contribution in [0, 0.1) is 5.92 Å². The predicted molar refractivity (Wildman–Crippen MR) is 61.9 cm³/mol. The molecule has 0 bridgehead atoms. The smallest absolute Gasteiger partial charge is 0.0506 e. The fourth-order valence-electron chi connectivity index (χ4n) is 2.30. The maximum Gasteiger partial charge on any atom is 0.0506 e. The molecule has 2 rings (SSSR count). The highest BCUT2D eigenvalue weighted by atomic mass is 32.2. The third kappa shape index (κ3) is 2.88. The van der Waals surface area contributed by atoms with Crippen LogP contribution in [0.1, 0.15) is 26.2 Å². The van der Waals surface area contributed by atoms with E-state index in [0.717, 1.165) is 19.3 Å². The maximum atomic E-state index is 5.46. The first-order chi connectivity index (χ1) is 6.86. The number of nitrogens with one attached hydrogen (secondary N) is 1. The van der Waals surface area contributed by atoms with Crippen LogP contribution in [-0.4, -0.2) is 36.8 Å². The number of hydrogen-bond acceptors (Lipinski definition) is 3. The van der Waals surface area contributed by atoms with Gasteiger partial charge < -0.3 is 10.1 Å². The second-order valence-electron chi connectivity index (χ2n) is 4.53. The van der Waals surface area contributed by atoms with Gasteiger partial charge in [-0.3, -0.25) is 0 Å². The Morgan fingerprint density at radius 3 is 3.00 bits per heavy atom. The summed E-state index contributed by atoms with van der Waals surface area (Å²) in [4.78, 5) is 0. The van der Waals surface area contributed by atoms with E-state index < -0.39 is 0 Å². The Bertz CT molecular complexity index is 171. The van der Waals surface area contributed by atoms with Crippen LogP contribution in [0.4, 0.5) is 0 Å². The molecular weight excluding hydrogens is 194 g/mol. The molecule has 2 aliphatic heterocycles. The average Bonchev–Trinajstić information content (AvgIpc) is 2.23. The van der Waals surface area contributed by atoms with Crippen molar-refractivity contribution < 1.29 is 4.74 Å². The van der Waals surface area contributed by atoms with Crippen molar-refractivity contribution in [1.82, 2.24) is 5.32 Å². The van der Waals surface area contributed by atoms with E-state index in [2.05, 4.69) is 24.0 Å². The highest BCUT2D eigenvalue weighted by molar-refractivity contribution is 7.99. The minimum absolute atomic E-state index is 0.690. The van der Waals surface area contributed by atoms with Gasteiger partial charge in [-0.05, 0) is 30.9 Å². The van der Waals surface area contributed by atoms with E-state index in [4.69, 9.17) is 4.74 Å². The van der Waals surface area contributed by atoms with E-state index >= 15 is 0 Å². The zero-order valence-corrected chi connectivity index (χ0v) is 9.81. The molecule has 0 radical (unpaired) electrons. The molecule has 82 valence electrons. The summed E-state index contributed by atoms with van der Waals surface area (Å²) in [5, 5.41) is 3.81. The maximum absolute atomic E-state index is 5.46. The highest BCUT2D eigenvalue weighted by Crippen LogP contribution is 2.20. The molecule has 14 heavy (non-hydrogen) atoms. The molecule has 2 heterocycles. The summed E-state index contributed by atoms with van der Waals surface area (Å²) in [6.45, 7) is 4.19. The van der Waals surface area contributed by atoms with Crippen molar-refractivity contribution in [1.29, 1.82) is 0 Å². The van der Waals surface area contributed by atoms with Gasteiger partial charge in [0.1, 0.15) is 0 Å². The molecule has 2 fully saturated rings. The van der Waals surface area contributed by atoms with Crippen LogP contribution in [0.15, 0.2) is 0 Å². The lowest BCUT2D eigenvalue weighted by molar-refractivity contribution is 0.0362. The Labute approximate surface area is 91.2 Å². The Balaban J connectivity index is 1.76. The van der Waals surface area contributed by atoms with Gasteiger partial charge in [0.2, 0.25) is 0 Å². The van der Waals surface area contributed by atoms with Gasteiger partial charge in [0.15, 0.2) is 0 Å². The van der Waals surface area contributed by atoms with E-state index in [1.165, 1.54) is 30.8 Å². The molecule has 0 amide bonds. The zero-order valence-electron chi connectivity index (χ0n) is 9.00. The molecule has 0 aromatic carbocycles. The van der Waals surface area contributed by atoms with Gasteiger partial charge in [-0.2, -0.15) is 11.8 Å². The first kappa shape index (κ1) is 10.8. The Kier molecular flexibility index (Phi) is 4.14. The fourth-order valence-corrected chi connectivity index (χ4v) is 3.39. The summed E-state index contributed by atoms with van der Waals surface area (Å²) in [5.74, 6) is 3.36. The van der Waals surface area contributed by atoms with Crippen molar-refractivity contribution in [2.75, 3.05) is 24.7 Å². The zero-order chi connectivity index (χ0) is 9.80. The molecule has 3 atom stereocenters. The van der Waals surface area contributed by atoms with Crippen molar-refractivity contribution in [2.45, 2.75) is 38.3 Å². The van der Waals surface area contributed by atoms with Crippen molar-refractivity contribution in [2.24, 2.45) is 5.92 Å². The predicted octanol–water partition coefficient (Wildman–Crippen LogP) is 1.90. The summed E-state index contributed by atoms with van der Waals surface area (Å²) < 4.78 is 5.46. The monoisotopic (exact) mass is 215 g/mol. The molecule has 0 aromatic rings. The van der Waals surface area contributed by atoms with Crippen LogP contribution in [0.5, 0.6) is 0 Å². The molecule has 2 aliphatic rings. The Morgan fingerprint density at radius 1 is 1.36 bits per heavy atom. The van der Waals surface area contributed by atoms with Gasteiger partial charge in [0.25, 0.3) is 0 Å². The van der Waals surface area contributed by atoms with E-state index in [-0.39, 0.29) is 0 Å². The summed E-state index contributed by atoms with van der Waals surface area (Å²) >= 11 is 2.10. The van der Waals surface area contributed by atoms with Gasteiger partial charge in [-0.15, -0.1) is 0 Å². The van der Waals surface area contributed by atoms with Crippen LogP contribution >= 0.6 is 11.8 Å². The lowest BCUT2D eigenvalue weighted by Gasteiger charge is -2.34. The minimum atomic E-state index is 0.690. The van der Waals surface area contributed by atoms with E-state index in [1.807, 2.05) is 0 Å². The third-order valence-corrected chi connectivity index (χ3v) is 4.47. The molecule has 2 nitrogen and oxygen atoms in total. The van der Waals surface area contributed by atoms with Crippen molar-refractivity contribution in [3.63, 3.8) is 0 Å². The molecule has 3 unspecified atom stereocenters. The molecule has 0 aliphatic carbocycles. The summed E-state index contributed by atoms with van der Waals surface area (Å²) in [6.07, 6.45) is 3.96. The fraction of sp³-hybridized carbons (Fsp3) is 1.00. The first-order valence-electron chi connectivity index (χ1n) is 5.78. The van der Waals surface area contributed by atoms with Crippen LogP contribution in [0.3, 0.4) is 0 Å². The normalized spacial score (nSPS) is 39.6. The molecule has 2 saturated heterocycles. The molecule has 1 N–H and O–H groups in total. The summed E-state index contributed by atoms with van der Waals surface area (Å²) in [6, 6.07) is 1.46. The quantitative estimate of drug-likeness (QED) is 0.760. The van der Waals surface area contributed by atoms with E-state index in [9.17, 15) is 0 Å². The highest BCUT2D eigenvalue weighted by Gasteiger charge is 2.25. The van der Waals surface area contributed by atoms with Crippen LogP contribution in [0.2, 0.25) is 0 Å². The SMILES string of the molecule is CC1COCCC1NC1CCCSC1. The number of ether oxygens (including phenoxy) is 1. The largest absolute Gasteiger partial charge is 0.381 e. The van der Waals surface area contributed by atoms with Gasteiger partial charge in [0, 0.05) is 24.4 Å². The van der Waals surface area contributed by atoms with E-state index in [0.29, 0.717) is 12.0 Å². The van der Waals surface area contributed by atoms with E-state index in [1.54, 1.807) is 0 Å². The van der Waals surface area contributed by atoms with Crippen LogP contribution < -0.4 is 5.32 Å². The second kappa shape index (κ2) is 5.38. The van der Waals surface area contributed by atoms with Gasteiger partial charge >= 0.3 is 0 Å². The van der Waals surface area contributed by atoms with Crippen molar-refractivity contribution in [3.05, 3.63) is 0 Å². The third-order valence-electron chi connectivity index (χ3n) is 3.25. The lowest BCUT2D eigenvalue weighted by Crippen LogP contribution is -2.48. The Morgan fingerprint density at radius 2 is 2.29 bits per heavy atom. The molecule has 0 aromatic heterocycles.